The molecular formula is C19H20N2O3. The molecule has 2 aromatic rings. The van der Waals surface area contributed by atoms with Gasteiger partial charge in [-0.15, -0.1) is 0 Å². The molecule has 3 rings (SSSR count). The van der Waals surface area contributed by atoms with E-state index < -0.39 is 6.04 Å². The summed E-state index contributed by atoms with van der Waals surface area (Å²) in [6.45, 7) is 3.79. The van der Waals surface area contributed by atoms with Crippen molar-refractivity contribution in [2.75, 3.05) is 12.0 Å². The number of nitrogens with one attached hydrogen (secondary N) is 1. The first-order valence-electron chi connectivity index (χ1n) is 7.82. The zero-order chi connectivity index (χ0) is 17.3. The van der Waals surface area contributed by atoms with Gasteiger partial charge in [-0.3, -0.25) is 9.59 Å². The minimum atomic E-state index is -0.632. The lowest BCUT2D eigenvalue weighted by Crippen LogP contribution is -2.36. The van der Waals surface area contributed by atoms with E-state index >= 15 is 0 Å². The van der Waals surface area contributed by atoms with Crippen molar-refractivity contribution in [1.82, 2.24) is 5.32 Å². The topological polar surface area (TPSA) is 58.6 Å². The SMILES string of the molecule is COc1ccccc1CN1C(=O)[C@H](NC(C)=O)c2cc(C)ccc21. The minimum Gasteiger partial charge on any atom is -0.496 e. The number of hydrogen-bond acceptors (Lipinski definition) is 3. The number of carbonyl (C=O) groups excluding carboxylic acids is 2. The van der Waals surface area contributed by atoms with Crippen LogP contribution < -0.4 is 15.0 Å². The van der Waals surface area contributed by atoms with Gasteiger partial charge in [-0.2, -0.15) is 0 Å². The van der Waals surface area contributed by atoms with Gasteiger partial charge in [-0.1, -0.05) is 35.9 Å². The van der Waals surface area contributed by atoms with Gasteiger partial charge in [0.1, 0.15) is 11.8 Å². The van der Waals surface area contributed by atoms with Gasteiger partial charge in [0.05, 0.1) is 13.7 Å². The number of methoxy groups -OCH3 is 1. The number of carbonyl (C=O) groups is 2. The van der Waals surface area contributed by atoms with Crippen molar-refractivity contribution in [3.05, 3.63) is 59.2 Å². The van der Waals surface area contributed by atoms with E-state index in [1.165, 1.54) is 6.92 Å². The van der Waals surface area contributed by atoms with E-state index in [1.807, 2.05) is 49.4 Å². The maximum atomic E-state index is 12.9. The van der Waals surface area contributed by atoms with Crippen molar-refractivity contribution in [3.8, 4) is 5.75 Å². The van der Waals surface area contributed by atoms with Crippen molar-refractivity contribution in [3.63, 3.8) is 0 Å². The Morgan fingerprint density at radius 2 is 2.00 bits per heavy atom. The highest BCUT2D eigenvalue weighted by Crippen LogP contribution is 2.38. The minimum absolute atomic E-state index is 0.128. The number of para-hydroxylation sites is 1. The number of anilines is 1. The quantitative estimate of drug-likeness (QED) is 0.941. The van der Waals surface area contributed by atoms with Crippen LogP contribution in [0.5, 0.6) is 5.75 Å². The second kappa shape index (κ2) is 6.35. The number of benzene rings is 2. The molecule has 0 bridgehead atoms. The maximum Gasteiger partial charge on any atom is 0.254 e. The molecule has 1 aliphatic rings. The third-order valence-electron chi connectivity index (χ3n) is 4.17. The summed E-state index contributed by atoms with van der Waals surface area (Å²) in [6.07, 6.45) is 0. The summed E-state index contributed by atoms with van der Waals surface area (Å²) in [4.78, 5) is 26.1. The van der Waals surface area contributed by atoms with Crippen LogP contribution >= 0.6 is 0 Å². The normalized spacial score (nSPS) is 16.0. The van der Waals surface area contributed by atoms with E-state index in [9.17, 15) is 9.59 Å². The Labute approximate surface area is 141 Å². The summed E-state index contributed by atoms with van der Waals surface area (Å²) in [6, 6.07) is 12.8. The molecule has 0 fully saturated rings. The van der Waals surface area contributed by atoms with Gasteiger partial charge in [-0.05, 0) is 19.1 Å². The van der Waals surface area contributed by atoms with Gasteiger partial charge >= 0.3 is 0 Å². The molecular weight excluding hydrogens is 304 g/mol. The Balaban J connectivity index is 2.00. The summed E-state index contributed by atoms with van der Waals surface area (Å²) in [7, 11) is 1.61. The summed E-state index contributed by atoms with van der Waals surface area (Å²) < 4.78 is 5.38. The molecule has 0 aliphatic carbocycles. The highest BCUT2D eigenvalue weighted by molar-refractivity contribution is 6.06. The van der Waals surface area contributed by atoms with Crippen LogP contribution in [0.1, 0.15) is 29.7 Å². The number of hydrogen-bond donors (Lipinski definition) is 1. The average molecular weight is 324 g/mol. The Kier molecular flexibility index (Phi) is 4.25. The molecule has 2 amide bonds. The van der Waals surface area contributed by atoms with Crippen LogP contribution in [0.4, 0.5) is 5.69 Å². The second-order valence-corrected chi connectivity index (χ2v) is 5.93. The Morgan fingerprint density at radius 1 is 1.25 bits per heavy atom. The highest BCUT2D eigenvalue weighted by atomic mass is 16.5. The zero-order valence-corrected chi connectivity index (χ0v) is 14.0. The Bertz CT molecular complexity index is 801. The molecule has 0 aromatic heterocycles. The third kappa shape index (κ3) is 2.85. The number of rotatable bonds is 4. The van der Waals surface area contributed by atoms with Crippen molar-refractivity contribution in [2.24, 2.45) is 0 Å². The molecule has 0 radical (unpaired) electrons. The predicted molar refractivity (Wildman–Crippen MR) is 91.9 cm³/mol. The molecule has 0 saturated carbocycles. The second-order valence-electron chi connectivity index (χ2n) is 5.93. The van der Waals surface area contributed by atoms with E-state index in [-0.39, 0.29) is 11.8 Å². The van der Waals surface area contributed by atoms with Gasteiger partial charge in [0.2, 0.25) is 5.91 Å². The van der Waals surface area contributed by atoms with Gasteiger partial charge in [0.15, 0.2) is 0 Å². The van der Waals surface area contributed by atoms with E-state index in [4.69, 9.17) is 4.74 Å². The van der Waals surface area contributed by atoms with Crippen molar-refractivity contribution < 1.29 is 14.3 Å². The molecule has 1 N–H and O–H groups in total. The van der Waals surface area contributed by atoms with Gasteiger partial charge in [-0.25, -0.2) is 0 Å². The third-order valence-corrected chi connectivity index (χ3v) is 4.17. The van der Waals surface area contributed by atoms with Crippen LogP contribution in [0.3, 0.4) is 0 Å². The Morgan fingerprint density at radius 3 is 2.71 bits per heavy atom. The van der Waals surface area contributed by atoms with E-state index in [1.54, 1.807) is 12.0 Å². The molecule has 124 valence electrons. The van der Waals surface area contributed by atoms with Crippen molar-refractivity contribution in [2.45, 2.75) is 26.4 Å². The molecule has 5 nitrogen and oxygen atoms in total. The largest absolute Gasteiger partial charge is 0.496 e. The monoisotopic (exact) mass is 324 g/mol. The molecule has 1 heterocycles. The van der Waals surface area contributed by atoms with Crippen molar-refractivity contribution >= 4 is 17.5 Å². The molecule has 5 heteroatoms. The molecule has 1 aliphatic heterocycles. The van der Waals surface area contributed by atoms with Crippen LogP contribution in [-0.4, -0.2) is 18.9 Å². The van der Waals surface area contributed by atoms with Gasteiger partial charge in [0.25, 0.3) is 5.91 Å². The first-order valence-corrected chi connectivity index (χ1v) is 7.82. The average Bonchev–Trinajstić information content (AvgIpc) is 2.80. The lowest BCUT2D eigenvalue weighted by atomic mass is 10.1. The summed E-state index contributed by atoms with van der Waals surface area (Å²) in [5.74, 6) is 0.388. The fourth-order valence-corrected chi connectivity index (χ4v) is 3.07. The smallest absolute Gasteiger partial charge is 0.254 e. The van der Waals surface area contributed by atoms with Crippen molar-refractivity contribution in [1.29, 1.82) is 0 Å². The van der Waals surface area contributed by atoms with Crippen LogP contribution in [0.25, 0.3) is 0 Å². The fourth-order valence-electron chi connectivity index (χ4n) is 3.07. The van der Waals surface area contributed by atoms with Gasteiger partial charge < -0.3 is 15.0 Å². The molecule has 0 unspecified atom stereocenters. The van der Waals surface area contributed by atoms with Crippen LogP contribution in [0.15, 0.2) is 42.5 Å². The van der Waals surface area contributed by atoms with E-state index in [0.29, 0.717) is 6.54 Å². The fraction of sp³-hybridized carbons (Fsp3) is 0.263. The number of ether oxygens (including phenoxy) is 1. The molecule has 24 heavy (non-hydrogen) atoms. The molecule has 1 atom stereocenters. The van der Waals surface area contributed by atoms with Crippen LogP contribution in [0, 0.1) is 6.92 Å². The zero-order valence-electron chi connectivity index (χ0n) is 14.0. The lowest BCUT2D eigenvalue weighted by molar-refractivity contribution is -0.126. The number of amides is 2. The van der Waals surface area contributed by atoms with Gasteiger partial charge in [0, 0.05) is 23.7 Å². The standard InChI is InChI=1S/C19H20N2O3/c1-12-8-9-16-15(10-12)18(20-13(2)22)19(23)21(16)11-14-6-4-5-7-17(14)24-3/h4-10,18H,11H2,1-3H3,(H,20,22)/t18-/m1/s1. The summed E-state index contributed by atoms with van der Waals surface area (Å²) in [5, 5.41) is 2.76. The molecule has 2 aromatic carbocycles. The summed E-state index contributed by atoms with van der Waals surface area (Å²) >= 11 is 0. The number of nitrogens with zero attached hydrogens (tertiary/aromatic N) is 1. The number of fused-ring (bicyclic) bond motifs is 1. The highest BCUT2D eigenvalue weighted by Gasteiger charge is 2.38. The first kappa shape index (κ1) is 16.1. The predicted octanol–water partition coefficient (Wildman–Crippen LogP) is 2.73. The molecule has 0 spiro atoms. The van der Waals surface area contributed by atoms with Crippen LogP contribution in [0.2, 0.25) is 0 Å². The maximum absolute atomic E-state index is 12.9. The molecule has 0 saturated heterocycles. The van der Waals surface area contributed by atoms with Crippen LogP contribution in [-0.2, 0) is 16.1 Å². The van der Waals surface area contributed by atoms with E-state index in [2.05, 4.69) is 5.32 Å². The lowest BCUT2D eigenvalue weighted by Gasteiger charge is -2.19. The Hall–Kier alpha value is -2.82. The first-order chi connectivity index (χ1) is 11.5. The van der Waals surface area contributed by atoms with E-state index in [0.717, 1.165) is 28.1 Å². The summed E-state index contributed by atoms with van der Waals surface area (Å²) in [5.41, 5.74) is 3.64. The number of aryl methyl sites for hydroxylation is 1.